The largest absolute Gasteiger partial charge is 0.253 e. The molecular weight excluding hydrogens is 196 g/mol. The van der Waals surface area contributed by atoms with Crippen molar-refractivity contribution >= 4 is 12.2 Å². The van der Waals surface area contributed by atoms with Crippen LogP contribution in [0.3, 0.4) is 0 Å². The van der Waals surface area contributed by atoms with E-state index in [4.69, 9.17) is 0 Å². The number of nitrogens with zero attached hydrogens (tertiary/aromatic N) is 2. The minimum Gasteiger partial charge on any atom is -0.253 e. The van der Waals surface area contributed by atoms with Crippen LogP contribution < -0.4 is 10.7 Å². The molecule has 1 aromatic rings. The highest BCUT2D eigenvalue weighted by Gasteiger charge is 2.08. The third-order valence-electron chi connectivity index (χ3n) is 1.90. The van der Waals surface area contributed by atoms with Crippen LogP contribution in [0.1, 0.15) is 41.5 Å². The summed E-state index contributed by atoms with van der Waals surface area (Å²) < 4.78 is 0. The van der Waals surface area contributed by atoms with Crippen LogP contribution in [-0.2, 0) is 0 Å². The van der Waals surface area contributed by atoms with Crippen LogP contribution in [0.5, 0.6) is 0 Å². The molecule has 0 aliphatic carbocycles. The van der Waals surface area contributed by atoms with Crippen LogP contribution in [0.25, 0.3) is 12.2 Å². The summed E-state index contributed by atoms with van der Waals surface area (Å²) in [5, 5.41) is 1.95. The van der Waals surface area contributed by atoms with E-state index in [1.54, 1.807) is 12.4 Å². The first-order valence-electron chi connectivity index (χ1n) is 5.70. The van der Waals surface area contributed by atoms with E-state index >= 15 is 0 Å². The van der Waals surface area contributed by atoms with Gasteiger partial charge in [-0.05, 0) is 10.8 Å². The molecule has 0 amide bonds. The number of rotatable bonds is 0. The Labute approximate surface area is 98.1 Å². The molecule has 0 aliphatic heterocycles. The van der Waals surface area contributed by atoms with Crippen LogP contribution in [0, 0.1) is 10.8 Å². The number of aromatic nitrogens is 2. The molecule has 0 aliphatic rings. The van der Waals surface area contributed by atoms with E-state index in [0.29, 0.717) is 0 Å². The molecule has 0 saturated carbocycles. The fourth-order valence-electron chi connectivity index (χ4n) is 1.40. The van der Waals surface area contributed by atoms with Crippen LogP contribution in [0.15, 0.2) is 12.4 Å². The van der Waals surface area contributed by atoms with Gasteiger partial charge in [-0.2, -0.15) is 0 Å². The first-order chi connectivity index (χ1) is 7.17. The number of hydrogen-bond acceptors (Lipinski definition) is 2. The van der Waals surface area contributed by atoms with Gasteiger partial charge in [0.05, 0.1) is 10.7 Å². The summed E-state index contributed by atoms with van der Waals surface area (Å²) in [6.45, 7) is 13.0. The monoisotopic (exact) mass is 218 g/mol. The smallest absolute Gasteiger partial charge is 0.0849 e. The molecule has 0 fully saturated rings. The van der Waals surface area contributed by atoms with Gasteiger partial charge in [-0.15, -0.1) is 0 Å². The SMILES string of the molecule is CC(C)(C)C=c1nccnc1=CC(C)(C)C. The van der Waals surface area contributed by atoms with Crippen molar-refractivity contribution in [2.75, 3.05) is 0 Å². The fourth-order valence-corrected chi connectivity index (χ4v) is 1.40. The van der Waals surface area contributed by atoms with E-state index in [-0.39, 0.29) is 10.8 Å². The molecule has 0 bridgehead atoms. The molecule has 0 saturated heterocycles. The second-order valence-electron chi connectivity index (χ2n) is 6.35. The predicted molar refractivity (Wildman–Crippen MR) is 69.1 cm³/mol. The van der Waals surface area contributed by atoms with Crippen molar-refractivity contribution in [2.45, 2.75) is 41.5 Å². The third kappa shape index (κ3) is 4.56. The molecule has 0 radical (unpaired) electrons. The molecule has 0 N–H and O–H groups in total. The van der Waals surface area contributed by atoms with Gasteiger partial charge in [0.2, 0.25) is 0 Å². The van der Waals surface area contributed by atoms with Crippen molar-refractivity contribution in [3.8, 4) is 0 Å². The summed E-state index contributed by atoms with van der Waals surface area (Å²) >= 11 is 0. The lowest BCUT2D eigenvalue weighted by Gasteiger charge is -2.12. The van der Waals surface area contributed by atoms with Gasteiger partial charge in [0.25, 0.3) is 0 Å². The summed E-state index contributed by atoms with van der Waals surface area (Å²) in [7, 11) is 0. The van der Waals surface area contributed by atoms with E-state index in [9.17, 15) is 0 Å². The predicted octanol–water partition coefficient (Wildman–Crippen LogP) is 2.13. The van der Waals surface area contributed by atoms with Crippen molar-refractivity contribution in [2.24, 2.45) is 10.8 Å². The summed E-state index contributed by atoms with van der Waals surface area (Å²) in [5.74, 6) is 0. The Morgan fingerprint density at radius 3 is 1.31 bits per heavy atom. The molecule has 1 aromatic heterocycles. The van der Waals surface area contributed by atoms with E-state index in [1.807, 2.05) is 0 Å². The first kappa shape index (κ1) is 12.9. The van der Waals surface area contributed by atoms with E-state index in [2.05, 4.69) is 63.7 Å². The highest BCUT2D eigenvalue weighted by molar-refractivity contribution is 5.32. The maximum absolute atomic E-state index is 4.40. The Hall–Kier alpha value is -1.18. The lowest BCUT2D eigenvalue weighted by atomic mass is 9.94. The van der Waals surface area contributed by atoms with Gasteiger partial charge in [0.1, 0.15) is 0 Å². The van der Waals surface area contributed by atoms with Crippen LogP contribution >= 0.6 is 0 Å². The van der Waals surface area contributed by atoms with Crippen LogP contribution in [0.2, 0.25) is 0 Å². The second-order valence-corrected chi connectivity index (χ2v) is 6.35. The van der Waals surface area contributed by atoms with Crippen molar-refractivity contribution in [1.29, 1.82) is 0 Å². The van der Waals surface area contributed by atoms with Gasteiger partial charge >= 0.3 is 0 Å². The quantitative estimate of drug-likeness (QED) is 0.666. The lowest BCUT2D eigenvalue weighted by molar-refractivity contribution is 0.576. The van der Waals surface area contributed by atoms with Gasteiger partial charge < -0.3 is 0 Å². The zero-order chi connectivity index (χ0) is 12.4. The Morgan fingerprint density at radius 1 is 0.750 bits per heavy atom. The number of hydrogen-bond donors (Lipinski definition) is 0. The summed E-state index contributed by atoms with van der Waals surface area (Å²) in [4.78, 5) is 8.80. The van der Waals surface area contributed by atoms with Gasteiger partial charge in [-0.3, -0.25) is 9.97 Å². The fraction of sp³-hybridized carbons (Fsp3) is 0.571. The average Bonchev–Trinajstić information content (AvgIpc) is 2.03. The first-order valence-corrected chi connectivity index (χ1v) is 5.70. The van der Waals surface area contributed by atoms with Gasteiger partial charge in [-0.25, -0.2) is 0 Å². The van der Waals surface area contributed by atoms with E-state index < -0.39 is 0 Å². The molecular formula is C14H22N2. The van der Waals surface area contributed by atoms with Crippen molar-refractivity contribution in [3.05, 3.63) is 23.1 Å². The normalized spacial score (nSPS) is 15.6. The standard InChI is InChI=1S/C14H22N2/c1-13(2,3)9-11-12(10-14(4,5)6)16-8-7-15-11/h7-10H,1-6H3. The molecule has 16 heavy (non-hydrogen) atoms. The Balaban J connectivity index is 3.44. The zero-order valence-electron chi connectivity index (χ0n) is 11.2. The zero-order valence-corrected chi connectivity index (χ0v) is 11.2. The molecule has 1 heterocycles. The summed E-state index contributed by atoms with van der Waals surface area (Å²) in [6.07, 6.45) is 7.82. The highest BCUT2D eigenvalue weighted by atomic mass is 14.8. The Kier molecular flexibility index (Phi) is 3.51. The molecule has 0 atom stereocenters. The van der Waals surface area contributed by atoms with Crippen LogP contribution in [0.4, 0.5) is 0 Å². The molecule has 88 valence electrons. The maximum atomic E-state index is 4.40. The van der Waals surface area contributed by atoms with E-state index in [1.165, 1.54) is 0 Å². The molecule has 2 heteroatoms. The van der Waals surface area contributed by atoms with Crippen LogP contribution in [-0.4, -0.2) is 9.97 Å². The lowest BCUT2D eigenvalue weighted by Crippen LogP contribution is -2.34. The van der Waals surface area contributed by atoms with Gasteiger partial charge in [0, 0.05) is 12.4 Å². The van der Waals surface area contributed by atoms with Gasteiger partial charge in [0.15, 0.2) is 0 Å². The molecule has 1 rings (SSSR count). The molecule has 0 unspecified atom stereocenters. The molecule has 2 nitrogen and oxygen atoms in total. The van der Waals surface area contributed by atoms with Crippen molar-refractivity contribution in [3.63, 3.8) is 0 Å². The van der Waals surface area contributed by atoms with Gasteiger partial charge in [-0.1, -0.05) is 53.7 Å². The Bertz CT molecular complexity index is 414. The molecule has 0 spiro atoms. The third-order valence-corrected chi connectivity index (χ3v) is 1.90. The average molecular weight is 218 g/mol. The van der Waals surface area contributed by atoms with Crippen molar-refractivity contribution in [1.82, 2.24) is 9.97 Å². The summed E-state index contributed by atoms with van der Waals surface area (Å²) in [5.41, 5.74) is 0.243. The molecule has 0 aromatic carbocycles. The highest BCUT2D eigenvalue weighted by Crippen LogP contribution is 2.14. The van der Waals surface area contributed by atoms with E-state index in [0.717, 1.165) is 10.7 Å². The second kappa shape index (κ2) is 4.36. The maximum Gasteiger partial charge on any atom is 0.0849 e. The van der Waals surface area contributed by atoms with Crippen molar-refractivity contribution < 1.29 is 0 Å². The summed E-state index contributed by atoms with van der Waals surface area (Å²) in [6, 6.07) is 0. The minimum atomic E-state index is 0.122. The minimum absolute atomic E-state index is 0.122. The topological polar surface area (TPSA) is 25.8 Å². The Morgan fingerprint density at radius 2 is 1.06 bits per heavy atom.